The molecule has 0 saturated heterocycles. The molecule has 3 rings (SSSR count). The van der Waals surface area contributed by atoms with E-state index in [0.29, 0.717) is 16.6 Å². The highest BCUT2D eigenvalue weighted by Gasteiger charge is 2.22. The van der Waals surface area contributed by atoms with Crippen LogP contribution in [0, 0.1) is 6.92 Å². The van der Waals surface area contributed by atoms with E-state index in [9.17, 15) is 14.7 Å². The normalized spacial score (nSPS) is 12.1. The number of hydrogen-bond donors (Lipinski definition) is 2. The third-order valence-corrected chi connectivity index (χ3v) is 4.02. The molecule has 0 unspecified atom stereocenters. The second kappa shape index (κ2) is 6.16. The molecule has 3 aromatic rings. The van der Waals surface area contributed by atoms with E-state index in [2.05, 4.69) is 10.3 Å². The van der Waals surface area contributed by atoms with Gasteiger partial charge in [0, 0.05) is 12.6 Å². The van der Waals surface area contributed by atoms with Crippen LogP contribution in [0.15, 0.2) is 48.5 Å². The minimum atomic E-state index is -1.11. The van der Waals surface area contributed by atoms with Gasteiger partial charge in [0.05, 0.1) is 11.0 Å². The number of benzene rings is 2. The largest absolute Gasteiger partial charge is 0.479 e. The fourth-order valence-electron chi connectivity index (χ4n) is 2.61. The summed E-state index contributed by atoms with van der Waals surface area (Å²) < 4.78 is 1.93. The van der Waals surface area contributed by atoms with Gasteiger partial charge in [-0.05, 0) is 30.7 Å². The predicted molar refractivity (Wildman–Crippen MR) is 89.7 cm³/mol. The Bertz CT molecular complexity index is 916. The van der Waals surface area contributed by atoms with Crippen LogP contribution in [0.3, 0.4) is 0 Å². The number of carbonyl (C=O) groups is 2. The lowest BCUT2D eigenvalue weighted by molar-refractivity contribution is -0.139. The van der Waals surface area contributed by atoms with Crippen molar-refractivity contribution >= 4 is 22.9 Å². The molecule has 6 heteroatoms. The van der Waals surface area contributed by atoms with E-state index >= 15 is 0 Å². The zero-order valence-corrected chi connectivity index (χ0v) is 13.4. The van der Waals surface area contributed by atoms with Gasteiger partial charge in [-0.2, -0.15) is 0 Å². The summed E-state index contributed by atoms with van der Waals surface area (Å²) in [4.78, 5) is 28.4. The Morgan fingerprint density at radius 1 is 1.17 bits per heavy atom. The van der Waals surface area contributed by atoms with E-state index in [4.69, 9.17) is 0 Å². The van der Waals surface area contributed by atoms with Gasteiger partial charge in [0.2, 0.25) is 0 Å². The van der Waals surface area contributed by atoms with Crippen LogP contribution in [0.4, 0.5) is 0 Å². The van der Waals surface area contributed by atoms with Crippen LogP contribution in [-0.4, -0.2) is 26.5 Å². The number of amides is 1. The van der Waals surface area contributed by atoms with Gasteiger partial charge in [-0.3, -0.25) is 4.79 Å². The van der Waals surface area contributed by atoms with Crippen molar-refractivity contribution in [1.29, 1.82) is 0 Å². The molecule has 1 heterocycles. The number of hydrogen-bond acceptors (Lipinski definition) is 3. The van der Waals surface area contributed by atoms with Crippen LogP contribution in [0.5, 0.6) is 0 Å². The fraction of sp³-hybridized carbons (Fsp3) is 0.167. The van der Waals surface area contributed by atoms with Gasteiger partial charge in [0.1, 0.15) is 5.82 Å². The average Bonchev–Trinajstić information content (AvgIpc) is 2.86. The van der Waals surface area contributed by atoms with Gasteiger partial charge in [-0.25, -0.2) is 9.78 Å². The van der Waals surface area contributed by atoms with Crippen molar-refractivity contribution in [3.63, 3.8) is 0 Å². The summed E-state index contributed by atoms with van der Waals surface area (Å²) in [5.74, 6) is -0.712. The summed E-state index contributed by atoms with van der Waals surface area (Å²) in [6.45, 7) is 1.88. The van der Waals surface area contributed by atoms with Crippen molar-refractivity contribution in [2.24, 2.45) is 7.05 Å². The first-order chi connectivity index (χ1) is 11.5. The van der Waals surface area contributed by atoms with Crippen LogP contribution in [0.1, 0.15) is 27.8 Å². The number of carbonyl (C=O) groups excluding carboxylic acids is 1. The smallest absolute Gasteiger partial charge is 0.330 e. The Morgan fingerprint density at radius 2 is 1.88 bits per heavy atom. The highest BCUT2D eigenvalue weighted by Crippen LogP contribution is 2.18. The maximum Gasteiger partial charge on any atom is 0.330 e. The quantitative estimate of drug-likeness (QED) is 0.772. The lowest BCUT2D eigenvalue weighted by atomic mass is 10.1. The summed E-state index contributed by atoms with van der Waals surface area (Å²) in [5.41, 5.74) is 2.52. The van der Waals surface area contributed by atoms with E-state index < -0.39 is 17.9 Å². The average molecular weight is 323 g/mol. The Morgan fingerprint density at radius 3 is 2.54 bits per heavy atom. The second-order valence-electron chi connectivity index (χ2n) is 5.58. The number of aryl methyl sites for hydroxylation is 2. The zero-order valence-electron chi connectivity index (χ0n) is 13.4. The first kappa shape index (κ1) is 15.7. The Balaban J connectivity index is 1.89. The summed E-state index contributed by atoms with van der Waals surface area (Å²) >= 11 is 0. The summed E-state index contributed by atoms with van der Waals surface area (Å²) in [7, 11) is 1.90. The number of imidazole rings is 1. The SMILES string of the molecule is Cc1nc2cc(C(=O)N[C@H](C(=O)O)c3ccccc3)ccc2n1C. The molecule has 24 heavy (non-hydrogen) atoms. The van der Waals surface area contributed by atoms with E-state index in [1.807, 2.05) is 24.6 Å². The van der Waals surface area contributed by atoms with Crippen LogP contribution >= 0.6 is 0 Å². The molecule has 2 N–H and O–H groups in total. The standard InChI is InChI=1S/C18H17N3O3/c1-11-19-14-10-13(8-9-15(14)21(11)2)17(22)20-16(18(23)24)12-6-4-3-5-7-12/h3-10,16H,1-2H3,(H,20,22)(H,23,24)/t16-/m0/s1. The molecule has 1 amide bonds. The molecule has 1 aromatic heterocycles. The van der Waals surface area contributed by atoms with Gasteiger partial charge in [0.15, 0.2) is 6.04 Å². The van der Waals surface area contributed by atoms with E-state index in [1.54, 1.807) is 42.5 Å². The maximum absolute atomic E-state index is 12.5. The highest BCUT2D eigenvalue weighted by atomic mass is 16.4. The lowest BCUT2D eigenvalue weighted by Crippen LogP contribution is -2.33. The van der Waals surface area contributed by atoms with E-state index in [-0.39, 0.29) is 0 Å². The van der Waals surface area contributed by atoms with Gasteiger partial charge >= 0.3 is 5.97 Å². The monoisotopic (exact) mass is 323 g/mol. The third kappa shape index (κ3) is 2.86. The van der Waals surface area contributed by atoms with Crippen molar-refractivity contribution in [3.8, 4) is 0 Å². The highest BCUT2D eigenvalue weighted by molar-refractivity contribution is 5.99. The van der Waals surface area contributed by atoms with Gasteiger partial charge < -0.3 is 15.0 Å². The first-order valence-electron chi connectivity index (χ1n) is 7.49. The molecular formula is C18H17N3O3. The number of aliphatic carboxylic acids is 1. The van der Waals surface area contributed by atoms with Gasteiger partial charge in [0.25, 0.3) is 5.91 Å². The van der Waals surface area contributed by atoms with Crippen molar-refractivity contribution in [1.82, 2.24) is 14.9 Å². The molecule has 0 bridgehead atoms. The first-order valence-corrected chi connectivity index (χ1v) is 7.49. The summed E-state index contributed by atoms with van der Waals surface area (Å²) in [5, 5.41) is 12.0. The number of aromatic nitrogens is 2. The van der Waals surface area contributed by atoms with E-state index in [0.717, 1.165) is 11.3 Å². The molecule has 0 fully saturated rings. The van der Waals surface area contributed by atoms with Crippen molar-refractivity contribution < 1.29 is 14.7 Å². The Hall–Kier alpha value is -3.15. The molecule has 0 radical (unpaired) electrons. The van der Waals surface area contributed by atoms with Crippen molar-refractivity contribution in [3.05, 3.63) is 65.5 Å². The third-order valence-electron chi connectivity index (χ3n) is 4.02. The molecule has 0 aliphatic rings. The number of fused-ring (bicyclic) bond motifs is 1. The predicted octanol–water partition coefficient (Wildman–Crippen LogP) is 2.44. The Kier molecular flexibility index (Phi) is 4.04. The maximum atomic E-state index is 12.5. The van der Waals surface area contributed by atoms with E-state index in [1.165, 1.54) is 0 Å². The molecule has 6 nitrogen and oxygen atoms in total. The van der Waals surface area contributed by atoms with Crippen LogP contribution in [0.2, 0.25) is 0 Å². The van der Waals surface area contributed by atoms with Crippen LogP contribution < -0.4 is 5.32 Å². The minimum absolute atomic E-state index is 0.378. The summed E-state index contributed by atoms with van der Waals surface area (Å²) in [6.07, 6.45) is 0. The molecule has 0 aliphatic carbocycles. The molecule has 2 aromatic carbocycles. The van der Waals surface area contributed by atoms with Crippen LogP contribution in [-0.2, 0) is 11.8 Å². The molecule has 122 valence electrons. The van der Waals surface area contributed by atoms with Crippen molar-refractivity contribution in [2.45, 2.75) is 13.0 Å². The number of rotatable bonds is 4. The van der Waals surface area contributed by atoms with Gasteiger partial charge in [-0.15, -0.1) is 0 Å². The fourth-order valence-corrected chi connectivity index (χ4v) is 2.61. The number of carboxylic acid groups (broad SMARTS) is 1. The molecule has 0 aliphatic heterocycles. The van der Waals surface area contributed by atoms with Crippen molar-refractivity contribution in [2.75, 3.05) is 0 Å². The van der Waals surface area contributed by atoms with Gasteiger partial charge in [-0.1, -0.05) is 30.3 Å². The van der Waals surface area contributed by atoms with Crippen LogP contribution in [0.25, 0.3) is 11.0 Å². The second-order valence-corrected chi connectivity index (χ2v) is 5.58. The summed E-state index contributed by atoms with van der Waals surface area (Å²) in [6, 6.07) is 12.7. The lowest BCUT2D eigenvalue weighted by Gasteiger charge is -2.15. The number of nitrogens with zero attached hydrogens (tertiary/aromatic N) is 2. The number of nitrogens with one attached hydrogen (secondary N) is 1. The number of carboxylic acids is 1. The molecule has 1 atom stereocenters. The molecular weight excluding hydrogens is 306 g/mol. The zero-order chi connectivity index (χ0) is 17.3. The minimum Gasteiger partial charge on any atom is -0.479 e. The molecule has 0 saturated carbocycles. The Labute approximate surface area is 138 Å². The topological polar surface area (TPSA) is 84.2 Å². The molecule has 0 spiro atoms.